The maximum atomic E-state index is 12.7. The second kappa shape index (κ2) is 9.38. The molecule has 1 aliphatic rings. The number of rotatable bonds is 6. The van der Waals surface area contributed by atoms with Gasteiger partial charge in [0.2, 0.25) is 15.9 Å². The molecule has 27 heavy (non-hydrogen) atoms. The quantitative estimate of drug-likeness (QED) is 0.679. The Morgan fingerprint density at radius 3 is 2.33 bits per heavy atom. The Bertz CT molecular complexity index is 777. The van der Waals surface area contributed by atoms with Crippen LogP contribution in [0.4, 0.5) is 4.79 Å². The van der Waals surface area contributed by atoms with Gasteiger partial charge in [-0.25, -0.2) is 13.2 Å². The maximum absolute atomic E-state index is 12.7. The Balaban J connectivity index is 1.81. The number of sulfonamides is 1. The molecule has 2 N–H and O–H groups in total. The maximum Gasteiger partial charge on any atom is 0.317 e. The predicted octanol–water partition coefficient (Wildman–Crippen LogP) is 1.13. The highest BCUT2D eigenvalue weighted by atomic mass is 35.5. The molecule has 150 valence electrons. The summed E-state index contributed by atoms with van der Waals surface area (Å²) < 4.78 is 26.7. The zero-order valence-electron chi connectivity index (χ0n) is 15.4. The summed E-state index contributed by atoms with van der Waals surface area (Å²) >= 11 is 5.88. The average molecular weight is 417 g/mol. The highest BCUT2D eigenvalue weighted by Crippen LogP contribution is 2.20. The first-order chi connectivity index (χ1) is 12.7. The van der Waals surface area contributed by atoms with Crippen molar-refractivity contribution in [1.82, 2.24) is 19.8 Å². The van der Waals surface area contributed by atoms with Crippen molar-refractivity contribution in [2.75, 3.05) is 39.3 Å². The minimum Gasteiger partial charge on any atom is -0.354 e. The highest BCUT2D eigenvalue weighted by Gasteiger charge is 2.30. The van der Waals surface area contributed by atoms with Crippen molar-refractivity contribution in [3.05, 3.63) is 29.3 Å². The molecule has 0 aliphatic carbocycles. The third kappa shape index (κ3) is 5.82. The highest BCUT2D eigenvalue weighted by molar-refractivity contribution is 7.89. The third-order valence-electron chi connectivity index (χ3n) is 4.18. The second-order valence-corrected chi connectivity index (χ2v) is 8.90. The van der Waals surface area contributed by atoms with Crippen LogP contribution in [0.15, 0.2) is 29.2 Å². The summed E-state index contributed by atoms with van der Waals surface area (Å²) in [5.74, 6) is -0.167. The number of hydrogen-bond donors (Lipinski definition) is 2. The number of urea groups is 1. The van der Waals surface area contributed by atoms with E-state index in [9.17, 15) is 18.0 Å². The van der Waals surface area contributed by atoms with Crippen molar-refractivity contribution >= 4 is 33.6 Å². The van der Waals surface area contributed by atoms with Crippen LogP contribution in [-0.2, 0) is 14.8 Å². The zero-order chi connectivity index (χ0) is 20.0. The summed E-state index contributed by atoms with van der Waals surface area (Å²) in [6, 6.07) is 5.87. The monoisotopic (exact) mass is 416 g/mol. The van der Waals surface area contributed by atoms with Gasteiger partial charge in [-0.05, 0) is 18.2 Å². The van der Waals surface area contributed by atoms with Gasteiger partial charge in [0.05, 0.1) is 4.90 Å². The Kier molecular flexibility index (Phi) is 7.46. The summed E-state index contributed by atoms with van der Waals surface area (Å²) in [5.41, 5.74) is 0. The minimum atomic E-state index is -3.63. The SMILES string of the molecule is CC(C)C(=O)NCCNC(=O)N1CCN(S(=O)(=O)c2cccc(Cl)c2)CC1. The van der Waals surface area contributed by atoms with Gasteiger partial charge in [0, 0.05) is 50.2 Å². The third-order valence-corrected chi connectivity index (χ3v) is 6.31. The number of halogens is 1. The van der Waals surface area contributed by atoms with Crippen molar-refractivity contribution in [2.45, 2.75) is 18.7 Å². The zero-order valence-corrected chi connectivity index (χ0v) is 17.0. The molecule has 1 aromatic carbocycles. The van der Waals surface area contributed by atoms with Gasteiger partial charge in [-0.1, -0.05) is 31.5 Å². The normalized spacial score (nSPS) is 15.6. The van der Waals surface area contributed by atoms with Gasteiger partial charge >= 0.3 is 6.03 Å². The van der Waals surface area contributed by atoms with Gasteiger partial charge in [0.1, 0.15) is 0 Å². The number of carbonyl (C=O) groups excluding carboxylic acids is 2. The van der Waals surface area contributed by atoms with Crippen LogP contribution < -0.4 is 10.6 Å². The Morgan fingerprint density at radius 2 is 1.74 bits per heavy atom. The van der Waals surface area contributed by atoms with Gasteiger partial charge in [-0.15, -0.1) is 0 Å². The van der Waals surface area contributed by atoms with Crippen LogP contribution in [0.2, 0.25) is 5.02 Å². The second-order valence-electron chi connectivity index (χ2n) is 6.53. The molecule has 10 heteroatoms. The van der Waals surface area contributed by atoms with Crippen LogP contribution in [-0.4, -0.2) is 68.8 Å². The topological polar surface area (TPSA) is 98.8 Å². The number of amides is 3. The molecule has 1 aliphatic heterocycles. The molecule has 0 spiro atoms. The fourth-order valence-electron chi connectivity index (χ4n) is 2.58. The standard InChI is InChI=1S/C17H25ClN4O4S/c1-13(2)16(23)19-6-7-20-17(24)21-8-10-22(11-9-21)27(25,26)15-5-3-4-14(18)12-15/h3-5,12-13H,6-11H2,1-2H3,(H,19,23)(H,20,24). The summed E-state index contributed by atoms with van der Waals surface area (Å²) in [6.45, 7) is 5.28. The molecule has 0 aromatic heterocycles. The molecular formula is C17H25ClN4O4S. The predicted molar refractivity (Wildman–Crippen MR) is 103 cm³/mol. The lowest BCUT2D eigenvalue weighted by Crippen LogP contribution is -2.53. The van der Waals surface area contributed by atoms with Crippen molar-refractivity contribution in [3.63, 3.8) is 0 Å². The molecule has 0 unspecified atom stereocenters. The van der Waals surface area contributed by atoms with Crippen molar-refractivity contribution in [3.8, 4) is 0 Å². The van der Waals surface area contributed by atoms with Crippen LogP contribution >= 0.6 is 11.6 Å². The van der Waals surface area contributed by atoms with Crippen LogP contribution in [0.1, 0.15) is 13.8 Å². The largest absolute Gasteiger partial charge is 0.354 e. The first kappa shape index (κ1) is 21.5. The lowest BCUT2D eigenvalue weighted by molar-refractivity contribution is -0.123. The van der Waals surface area contributed by atoms with Gasteiger partial charge in [0.15, 0.2) is 0 Å². The van der Waals surface area contributed by atoms with Gasteiger partial charge < -0.3 is 15.5 Å². The van der Waals surface area contributed by atoms with E-state index in [1.54, 1.807) is 30.9 Å². The van der Waals surface area contributed by atoms with Gasteiger partial charge in [0.25, 0.3) is 0 Å². The lowest BCUT2D eigenvalue weighted by atomic mass is 10.2. The van der Waals surface area contributed by atoms with E-state index in [2.05, 4.69) is 10.6 Å². The summed E-state index contributed by atoms with van der Waals surface area (Å²) in [7, 11) is -3.63. The van der Waals surface area contributed by atoms with E-state index < -0.39 is 10.0 Å². The van der Waals surface area contributed by atoms with E-state index in [0.717, 1.165) is 0 Å². The van der Waals surface area contributed by atoms with Crippen molar-refractivity contribution < 1.29 is 18.0 Å². The van der Waals surface area contributed by atoms with E-state index in [0.29, 0.717) is 31.2 Å². The first-order valence-electron chi connectivity index (χ1n) is 8.78. The Morgan fingerprint density at radius 1 is 1.11 bits per heavy atom. The summed E-state index contributed by atoms with van der Waals surface area (Å²) in [5, 5.41) is 5.81. The number of carbonyl (C=O) groups is 2. The molecule has 8 nitrogen and oxygen atoms in total. The fraction of sp³-hybridized carbons (Fsp3) is 0.529. The molecule has 1 aromatic rings. The van der Waals surface area contributed by atoms with Crippen LogP contribution in [0, 0.1) is 5.92 Å². The molecule has 0 radical (unpaired) electrons. The van der Waals surface area contributed by atoms with Gasteiger partial charge in [-0.3, -0.25) is 4.79 Å². The van der Waals surface area contributed by atoms with Gasteiger partial charge in [-0.2, -0.15) is 4.31 Å². The molecule has 1 heterocycles. The average Bonchev–Trinajstić information content (AvgIpc) is 2.64. The molecule has 3 amide bonds. The van der Waals surface area contributed by atoms with E-state index >= 15 is 0 Å². The lowest BCUT2D eigenvalue weighted by Gasteiger charge is -2.34. The van der Waals surface area contributed by atoms with Crippen LogP contribution in [0.5, 0.6) is 0 Å². The van der Waals surface area contributed by atoms with Crippen LogP contribution in [0.3, 0.4) is 0 Å². The summed E-state index contributed by atoms with van der Waals surface area (Å²) in [6.07, 6.45) is 0. The van der Waals surface area contributed by atoms with E-state index in [1.807, 2.05) is 0 Å². The molecule has 0 atom stereocenters. The number of nitrogens with zero attached hydrogens (tertiary/aromatic N) is 2. The molecule has 1 saturated heterocycles. The first-order valence-corrected chi connectivity index (χ1v) is 10.6. The number of benzene rings is 1. The number of hydrogen-bond acceptors (Lipinski definition) is 4. The van der Waals surface area contributed by atoms with E-state index in [4.69, 9.17) is 11.6 Å². The minimum absolute atomic E-state index is 0.0657. The molecule has 1 fully saturated rings. The Labute approximate surface area is 164 Å². The molecule has 0 saturated carbocycles. The summed E-state index contributed by atoms with van der Waals surface area (Å²) in [4.78, 5) is 25.3. The number of nitrogens with one attached hydrogen (secondary N) is 2. The molecule has 2 rings (SSSR count). The molecule has 0 bridgehead atoms. The smallest absolute Gasteiger partial charge is 0.317 e. The number of piperazine rings is 1. The van der Waals surface area contributed by atoms with E-state index in [1.165, 1.54) is 16.4 Å². The van der Waals surface area contributed by atoms with Crippen molar-refractivity contribution in [2.24, 2.45) is 5.92 Å². The van der Waals surface area contributed by atoms with Crippen LogP contribution in [0.25, 0.3) is 0 Å². The van der Waals surface area contributed by atoms with E-state index in [-0.39, 0.29) is 35.8 Å². The Hall–Kier alpha value is -1.84. The van der Waals surface area contributed by atoms with Crippen molar-refractivity contribution in [1.29, 1.82) is 0 Å². The molecular weight excluding hydrogens is 392 g/mol. The fourth-order valence-corrected chi connectivity index (χ4v) is 4.30.